The van der Waals surface area contributed by atoms with E-state index in [2.05, 4.69) is 20.9 Å². The van der Waals surface area contributed by atoms with Gasteiger partial charge in [0.1, 0.15) is 0 Å². The van der Waals surface area contributed by atoms with Gasteiger partial charge in [0.15, 0.2) is 11.6 Å². The van der Waals surface area contributed by atoms with Crippen molar-refractivity contribution in [1.29, 1.82) is 0 Å². The van der Waals surface area contributed by atoms with Crippen LogP contribution in [0.25, 0.3) is 0 Å². The van der Waals surface area contributed by atoms with Crippen LogP contribution in [0.4, 0.5) is 10.1 Å². The Labute approximate surface area is 118 Å². The maximum Gasteiger partial charge on any atom is 0.240 e. The highest BCUT2D eigenvalue weighted by atomic mass is 79.9. The molecule has 1 aromatic heterocycles. The summed E-state index contributed by atoms with van der Waals surface area (Å²) in [5, 5.41) is 0. The Kier molecular flexibility index (Phi) is 4.21. The first-order chi connectivity index (χ1) is 9.10. The summed E-state index contributed by atoms with van der Waals surface area (Å²) < 4.78 is 24.9. The summed E-state index contributed by atoms with van der Waals surface area (Å²) in [6, 6.07) is 7.66. The molecular formula is C13H12BrFN2O2. The molecule has 1 heterocycles. The zero-order valence-electron chi connectivity index (χ0n) is 10.2. The van der Waals surface area contributed by atoms with Crippen molar-refractivity contribution in [2.45, 2.75) is 6.92 Å². The fraction of sp³-hybridized carbons (Fsp3) is 0.154. The number of aromatic nitrogens is 1. The predicted molar refractivity (Wildman–Crippen MR) is 74.0 cm³/mol. The van der Waals surface area contributed by atoms with E-state index < -0.39 is 5.82 Å². The second kappa shape index (κ2) is 5.88. The van der Waals surface area contributed by atoms with Crippen LogP contribution >= 0.6 is 15.9 Å². The molecule has 0 saturated heterocycles. The molecule has 0 radical (unpaired) electrons. The molecule has 2 rings (SSSR count). The Morgan fingerprint density at radius 2 is 2.11 bits per heavy atom. The monoisotopic (exact) mass is 326 g/mol. The molecule has 0 fully saturated rings. The van der Waals surface area contributed by atoms with Crippen molar-refractivity contribution >= 4 is 21.6 Å². The third kappa shape index (κ3) is 3.35. The predicted octanol–water partition coefficient (Wildman–Crippen LogP) is 3.76. The number of ether oxygens (including phenoxy) is 2. The molecule has 4 nitrogen and oxygen atoms in total. The molecule has 0 unspecified atom stereocenters. The van der Waals surface area contributed by atoms with E-state index in [-0.39, 0.29) is 17.5 Å². The van der Waals surface area contributed by atoms with Gasteiger partial charge in [0.25, 0.3) is 0 Å². The molecule has 0 aliphatic carbocycles. The van der Waals surface area contributed by atoms with Crippen molar-refractivity contribution in [2.75, 3.05) is 12.3 Å². The molecule has 0 spiro atoms. The second-order valence-corrected chi connectivity index (χ2v) is 4.57. The van der Waals surface area contributed by atoms with Crippen LogP contribution in [0.1, 0.15) is 6.92 Å². The van der Waals surface area contributed by atoms with Crippen LogP contribution in [0.2, 0.25) is 0 Å². The van der Waals surface area contributed by atoms with Gasteiger partial charge in [0.2, 0.25) is 11.8 Å². The van der Waals surface area contributed by atoms with Gasteiger partial charge in [0, 0.05) is 10.5 Å². The van der Waals surface area contributed by atoms with Gasteiger partial charge in [-0.3, -0.25) is 0 Å². The molecule has 6 heteroatoms. The van der Waals surface area contributed by atoms with Gasteiger partial charge in [-0.2, -0.15) is 4.98 Å². The number of nitrogens with zero attached hydrogens (tertiary/aromatic N) is 1. The first-order valence-corrected chi connectivity index (χ1v) is 6.41. The van der Waals surface area contributed by atoms with Crippen LogP contribution in [-0.2, 0) is 0 Å². The van der Waals surface area contributed by atoms with Crippen molar-refractivity contribution < 1.29 is 13.9 Å². The summed E-state index contributed by atoms with van der Waals surface area (Å²) >= 11 is 3.18. The molecule has 2 aromatic rings. The summed E-state index contributed by atoms with van der Waals surface area (Å²) in [5.74, 6) is 0.102. The van der Waals surface area contributed by atoms with E-state index in [1.807, 2.05) is 6.92 Å². The SMILES string of the molecule is CCOc1nc(Oc2ccc(Br)cc2F)ccc1N. The van der Waals surface area contributed by atoms with Crippen molar-refractivity contribution in [2.24, 2.45) is 0 Å². The van der Waals surface area contributed by atoms with Gasteiger partial charge in [0.05, 0.1) is 12.3 Å². The summed E-state index contributed by atoms with van der Waals surface area (Å²) in [6.45, 7) is 2.26. The average Bonchev–Trinajstić information content (AvgIpc) is 2.37. The minimum atomic E-state index is -0.481. The normalized spacial score (nSPS) is 10.3. The van der Waals surface area contributed by atoms with Crippen LogP contribution in [0.15, 0.2) is 34.8 Å². The van der Waals surface area contributed by atoms with Gasteiger partial charge < -0.3 is 15.2 Å². The van der Waals surface area contributed by atoms with Gasteiger partial charge in [-0.15, -0.1) is 0 Å². The fourth-order valence-corrected chi connectivity index (χ4v) is 1.75. The van der Waals surface area contributed by atoms with Crippen molar-refractivity contribution in [3.05, 3.63) is 40.6 Å². The van der Waals surface area contributed by atoms with E-state index >= 15 is 0 Å². The zero-order chi connectivity index (χ0) is 13.8. The minimum absolute atomic E-state index is 0.0860. The Morgan fingerprint density at radius 1 is 1.32 bits per heavy atom. The Balaban J connectivity index is 2.25. The number of pyridine rings is 1. The lowest BCUT2D eigenvalue weighted by atomic mass is 10.3. The number of halogens is 2. The highest BCUT2D eigenvalue weighted by Gasteiger charge is 2.09. The van der Waals surface area contributed by atoms with E-state index in [1.165, 1.54) is 12.1 Å². The van der Waals surface area contributed by atoms with Gasteiger partial charge >= 0.3 is 0 Å². The molecule has 0 aliphatic heterocycles. The molecule has 2 N–H and O–H groups in total. The van der Waals surface area contributed by atoms with Crippen LogP contribution in [0.5, 0.6) is 17.5 Å². The van der Waals surface area contributed by atoms with Gasteiger partial charge in [-0.05, 0) is 31.2 Å². The lowest BCUT2D eigenvalue weighted by Crippen LogP contribution is -2.00. The highest BCUT2D eigenvalue weighted by molar-refractivity contribution is 9.10. The van der Waals surface area contributed by atoms with Crippen LogP contribution in [0, 0.1) is 5.82 Å². The maximum absolute atomic E-state index is 13.6. The zero-order valence-corrected chi connectivity index (χ0v) is 11.8. The maximum atomic E-state index is 13.6. The van der Waals surface area contributed by atoms with Crippen LogP contribution < -0.4 is 15.2 Å². The third-order valence-electron chi connectivity index (χ3n) is 2.25. The first kappa shape index (κ1) is 13.6. The number of hydrogen-bond donors (Lipinski definition) is 1. The fourth-order valence-electron chi connectivity index (χ4n) is 1.41. The quantitative estimate of drug-likeness (QED) is 0.929. The molecule has 0 aliphatic rings. The van der Waals surface area contributed by atoms with E-state index in [9.17, 15) is 4.39 Å². The number of benzene rings is 1. The molecule has 1 aromatic carbocycles. The lowest BCUT2D eigenvalue weighted by Gasteiger charge is -2.09. The van der Waals surface area contributed by atoms with Gasteiger partial charge in [-0.1, -0.05) is 15.9 Å². The third-order valence-corrected chi connectivity index (χ3v) is 2.75. The first-order valence-electron chi connectivity index (χ1n) is 5.62. The van der Waals surface area contributed by atoms with E-state index in [0.29, 0.717) is 16.8 Å². The second-order valence-electron chi connectivity index (χ2n) is 3.65. The molecule has 19 heavy (non-hydrogen) atoms. The standard InChI is InChI=1S/C13H12BrFN2O2/c1-2-18-13-10(16)4-6-12(17-13)19-11-5-3-8(14)7-9(11)15/h3-7H,2,16H2,1H3. The lowest BCUT2D eigenvalue weighted by molar-refractivity contribution is 0.322. The Morgan fingerprint density at radius 3 is 2.79 bits per heavy atom. The van der Waals surface area contributed by atoms with Crippen molar-refractivity contribution in [3.63, 3.8) is 0 Å². The summed E-state index contributed by atoms with van der Waals surface area (Å²) in [6.07, 6.45) is 0. The number of anilines is 1. The molecule has 0 amide bonds. The number of nitrogens with two attached hydrogens (primary N) is 1. The molecule has 100 valence electrons. The Hall–Kier alpha value is -1.82. The highest BCUT2D eigenvalue weighted by Crippen LogP contribution is 2.28. The average molecular weight is 327 g/mol. The van der Waals surface area contributed by atoms with E-state index in [4.69, 9.17) is 15.2 Å². The molecule has 0 bridgehead atoms. The number of hydrogen-bond acceptors (Lipinski definition) is 4. The van der Waals surface area contributed by atoms with Crippen LogP contribution in [0.3, 0.4) is 0 Å². The van der Waals surface area contributed by atoms with Gasteiger partial charge in [-0.25, -0.2) is 4.39 Å². The largest absolute Gasteiger partial charge is 0.476 e. The number of nitrogen functional groups attached to an aromatic ring is 1. The van der Waals surface area contributed by atoms with E-state index in [0.717, 1.165) is 0 Å². The smallest absolute Gasteiger partial charge is 0.240 e. The van der Waals surface area contributed by atoms with Crippen molar-refractivity contribution in [3.8, 4) is 17.5 Å². The Bertz CT molecular complexity index is 593. The summed E-state index contributed by atoms with van der Waals surface area (Å²) in [7, 11) is 0. The molecular weight excluding hydrogens is 315 g/mol. The molecule has 0 atom stereocenters. The number of rotatable bonds is 4. The van der Waals surface area contributed by atoms with Crippen molar-refractivity contribution in [1.82, 2.24) is 4.98 Å². The summed E-state index contributed by atoms with van der Waals surface area (Å²) in [4.78, 5) is 4.07. The van der Waals surface area contributed by atoms with Crippen LogP contribution in [-0.4, -0.2) is 11.6 Å². The minimum Gasteiger partial charge on any atom is -0.476 e. The summed E-state index contributed by atoms with van der Waals surface area (Å²) in [5.41, 5.74) is 6.10. The van der Waals surface area contributed by atoms with E-state index in [1.54, 1.807) is 18.2 Å². The molecule has 0 saturated carbocycles. The topological polar surface area (TPSA) is 57.4 Å².